The highest BCUT2D eigenvalue weighted by Crippen LogP contribution is 2.40. The minimum atomic E-state index is -0.614. The molecule has 2 aliphatic heterocycles. The van der Waals surface area contributed by atoms with Crippen molar-refractivity contribution in [3.05, 3.63) is 42.0 Å². The molecule has 2 aromatic rings. The number of carbonyl (C=O) groups is 3. The Hall–Kier alpha value is -3.75. The van der Waals surface area contributed by atoms with Crippen LogP contribution in [0.5, 0.6) is 23.0 Å². The Labute approximate surface area is 197 Å². The maximum absolute atomic E-state index is 12.8. The number of hydrogen-bond donors (Lipinski definition) is 1. The lowest BCUT2D eigenvalue weighted by Gasteiger charge is -2.43. The van der Waals surface area contributed by atoms with Crippen LogP contribution < -0.4 is 24.3 Å². The predicted octanol–water partition coefficient (Wildman–Crippen LogP) is 3.07. The first-order valence-electron chi connectivity index (χ1n) is 11.1. The Morgan fingerprint density at radius 3 is 2.47 bits per heavy atom. The minimum absolute atomic E-state index is 0.00780. The van der Waals surface area contributed by atoms with E-state index in [1.807, 2.05) is 0 Å². The molecule has 34 heavy (non-hydrogen) atoms. The van der Waals surface area contributed by atoms with Crippen LogP contribution in [0.2, 0.25) is 0 Å². The van der Waals surface area contributed by atoms with E-state index in [0.717, 1.165) is 0 Å². The highest BCUT2D eigenvalue weighted by Gasteiger charge is 2.43. The second kappa shape index (κ2) is 9.62. The van der Waals surface area contributed by atoms with Gasteiger partial charge in [0, 0.05) is 45.0 Å². The van der Waals surface area contributed by atoms with E-state index in [1.165, 1.54) is 7.11 Å². The van der Waals surface area contributed by atoms with Gasteiger partial charge in [-0.3, -0.25) is 14.4 Å². The first-order valence-corrected chi connectivity index (χ1v) is 11.1. The number of fused-ring (bicyclic) bond motifs is 1. The number of rotatable bonds is 6. The SMILES string of the molecule is COc1ccc(NC(=O)COc2ccc3c(c2)OC2(CCN(C(C)=O)CC2)CC3=O)c(OC)c1. The topological polar surface area (TPSA) is 103 Å². The van der Waals surface area contributed by atoms with E-state index in [2.05, 4.69) is 5.32 Å². The number of nitrogens with zero attached hydrogens (tertiary/aromatic N) is 1. The normalized spacial score (nSPS) is 16.3. The first kappa shape index (κ1) is 23.4. The van der Waals surface area contributed by atoms with E-state index < -0.39 is 5.60 Å². The largest absolute Gasteiger partial charge is 0.497 e. The Morgan fingerprint density at radius 2 is 1.79 bits per heavy atom. The molecule has 0 bridgehead atoms. The highest BCUT2D eigenvalue weighted by atomic mass is 16.5. The molecule has 0 aromatic heterocycles. The molecule has 4 rings (SSSR count). The van der Waals surface area contributed by atoms with Gasteiger partial charge < -0.3 is 29.2 Å². The minimum Gasteiger partial charge on any atom is -0.497 e. The molecule has 1 spiro atoms. The zero-order valence-electron chi connectivity index (χ0n) is 19.5. The fourth-order valence-corrected chi connectivity index (χ4v) is 4.31. The van der Waals surface area contributed by atoms with Crippen molar-refractivity contribution in [3.63, 3.8) is 0 Å². The first-order chi connectivity index (χ1) is 16.3. The molecular weight excluding hydrogens is 440 g/mol. The summed E-state index contributed by atoms with van der Waals surface area (Å²) in [5.74, 6) is 1.61. The maximum atomic E-state index is 12.8. The molecule has 0 unspecified atom stereocenters. The highest BCUT2D eigenvalue weighted by molar-refractivity contribution is 6.00. The van der Waals surface area contributed by atoms with Gasteiger partial charge in [0.25, 0.3) is 5.91 Å². The number of likely N-dealkylation sites (tertiary alicyclic amines) is 1. The lowest BCUT2D eigenvalue weighted by molar-refractivity contribution is -0.132. The third-order valence-corrected chi connectivity index (χ3v) is 6.24. The van der Waals surface area contributed by atoms with Crippen molar-refractivity contribution in [1.82, 2.24) is 4.90 Å². The van der Waals surface area contributed by atoms with Crippen molar-refractivity contribution in [2.24, 2.45) is 0 Å². The lowest BCUT2D eigenvalue weighted by atomic mass is 9.82. The molecule has 180 valence electrons. The van der Waals surface area contributed by atoms with E-state index in [1.54, 1.807) is 55.3 Å². The van der Waals surface area contributed by atoms with Gasteiger partial charge in [-0.05, 0) is 24.3 Å². The summed E-state index contributed by atoms with van der Waals surface area (Å²) in [4.78, 5) is 38.6. The molecule has 0 radical (unpaired) electrons. The van der Waals surface area contributed by atoms with Crippen molar-refractivity contribution in [1.29, 1.82) is 0 Å². The van der Waals surface area contributed by atoms with E-state index in [-0.39, 0.29) is 30.6 Å². The molecule has 2 aromatic carbocycles. The van der Waals surface area contributed by atoms with Crippen LogP contribution in [0.25, 0.3) is 0 Å². The summed E-state index contributed by atoms with van der Waals surface area (Å²) < 4.78 is 22.4. The Morgan fingerprint density at radius 1 is 1.06 bits per heavy atom. The maximum Gasteiger partial charge on any atom is 0.262 e. The zero-order chi connectivity index (χ0) is 24.3. The number of piperidine rings is 1. The van der Waals surface area contributed by atoms with E-state index in [0.29, 0.717) is 60.2 Å². The summed E-state index contributed by atoms with van der Waals surface area (Å²) in [6.45, 7) is 2.43. The van der Waals surface area contributed by atoms with Crippen LogP contribution in [-0.2, 0) is 9.59 Å². The van der Waals surface area contributed by atoms with Gasteiger partial charge in [0.15, 0.2) is 12.4 Å². The molecule has 9 heteroatoms. The smallest absolute Gasteiger partial charge is 0.262 e. The number of methoxy groups -OCH3 is 2. The van der Waals surface area contributed by atoms with Crippen LogP contribution in [0.1, 0.15) is 36.5 Å². The summed E-state index contributed by atoms with van der Waals surface area (Å²) in [5, 5.41) is 2.75. The predicted molar refractivity (Wildman–Crippen MR) is 124 cm³/mol. The number of Topliss-reactive ketones (excluding diaryl/α,β-unsaturated/α-hetero) is 1. The summed E-state index contributed by atoms with van der Waals surface area (Å²) in [5.41, 5.74) is 0.381. The molecule has 9 nitrogen and oxygen atoms in total. The van der Waals surface area contributed by atoms with Crippen molar-refractivity contribution in [3.8, 4) is 23.0 Å². The number of amides is 2. The second-order valence-corrected chi connectivity index (χ2v) is 8.45. The van der Waals surface area contributed by atoms with Crippen molar-refractivity contribution in [2.45, 2.75) is 31.8 Å². The van der Waals surface area contributed by atoms with Crippen molar-refractivity contribution >= 4 is 23.3 Å². The van der Waals surface area contributed by atoms with Gasteiger partial charge in [-0.2, -0.15) is 0 Å². The lowest BCUT2D eigenvalue weighted by Crippen LogP contribution is -2.51. The third kappa shape index (κ3) is 4.93. The average molecular weight is 469 g/mol. The van der Waals surface area contributed by atoms with Gasteiger partial charge >= 0.3 is 0 Å². The van der Waals surface area contributed by atoms with Crippen molar-refractivity contribution in [2.75, 3.05) is 39.2 Å². The molecule has 2 heterocycles. The summed E-state index contributed by atoms with van der Waals surface area (Å²) in [7, 11) is 3.06. The van der Waals surface area contributed by atoms with E-state index >= 15 is 0 Å². The number of benzene rings is 2. The number of anilines is 1. The molecular formula is C25H28N2O7. The number of hydrogen-bond acceptors (Lipinski definition) is 7. The Kier molecular flexibility index (Phi) is 6.63. The fourth-order valence-electron chi connectivity index (χ4n) is 4.31. The van der Waals surface area contributed by atoms with E-state index in [9.17, 15) is 14.4 Å². The molecule has 0 aliphatic carbocycles. The van der Waals surface area contributed by atoms with Crippen LogP contribution in [-0.4, -0.2) is 62.0 Å². The number of carbonyl (C=O) groups excluding carboxylic acids is 3. The Balaban J connectivity index is 1.40. The fraction of sp³-hybridized carbons (Fsp3) is 0.400. The van der Waals surface area contributed by atoms with Crippen molar-refractivity contribution < 1.29 is 33.3 Å². The monoisotopic (exact) mass is 468 g/mol. The molecule has 2 amide bonds. The van der Waals surface area contributed by atoms with Crippen LogP contribution >= 0.6 is 0 Å². The number of nitrogens with one attached hydrogen (secondary N) is 1. The summed E-state index contributed by atoms with van der Waals surface area (Å²) in [6.07, 6.45) is 1.47. The van der Waals surface area contributed by atoms with E-state index in [4.69, 9.17) is 18.9 Å². The summed E-state index contributed by atoms with van der Waals surface area (Å²) in [6, 6.07) is 10.0. The van der Waals surface area contributed by atoms with Gasteiger partial charge in [0.1, 0.15) is 28.6 Å². The van der Waals surface area contributed by atoms with Gasteiger partial charge in [-0.15, -0.1) is 0 Å². The van der Waals surface area contributed by atoms with Crippen LogP contribution in [0, 0.1) is 0 Å². The Bertz CT molecular complexity index is 1110. The quantitative estimate of drug-likeness (QED) is 0.695. The molecule has 0 atom stereocenters. The second-order valence-electron chi connectivity index (χ2n) is 8.45. The average Bonchev–Trinajstić information content (AvgIpc) is 2.83. The number of ketones is 1. The van der Waals surface area contributed by atoms with Crippen LogP contribution in [0.15, 0.2) is 36.4 Å². The van der Waals surface area contributed by atoms with Gasteiger partial charge in [0.2, 0.25) is 5.91 Å². The third-order valence-electron chi connectivity index (χ3n) is 6.24. The molecule has 1 N–H and O–H groups in total. The number of ether oxygens (including phenoxy) is 4. The molecule has 1 saturated heterocycles. The van der Waals surface area contributed by atoms with Crippen LogP contribution in [0.3, 0.4) is 0 Å². The van der Waals surface area contributed by atoms with Gasteiger partial charge in [0.05, 0.1) is 31.9 Å². The summed E-state index contributed by atoms with van der Waals surface area (Å²) >= 11 is 0. The molecule has 0 saturated carbocycles. The molecule has 1 fully saturated rings. The zero-order valence-corrected chi connectivity index (χ0v) is 19.5. The standard InChI is InChI=1S/C25H28N2O7/c1-16(28)27-10-8-25(9-11-27)14-21(29)19-6-4-18(13-22(19)34-25)33-15-24(30)26-20-7-5-17(31-2)12-23(20)32-3/h4-7,12-13H,8-11,14-15H2,1-3H3,(H,26,30). The molecule has 2 aliphatic rings. The van der Waals surface area contributed by atoms with Gasteiger partial charge in [-0.1, -0.05) is 0 Å². The van der Waals surface area contributed by atoms with Gasteiger partial charge in [-0.25, -0.2) is 0 Å². The van der Waals surface area contributed by atoms with Crippen LogP contribution in [0.4, 0.5) is 5.69 Å².